The highest BCUT2D eigenvalue weighted by Gasteiger charge is 2.40. The van der Waals surface area contributed by atoms with Gasteiger partial charge in [0.2, 0.25) is 0 Å². The fourth-order valence-electron chi connectivity index (χ4n) is 4.12. The summed E-state index contributed by atoms with van der Waals surface area (Å²) in [4.78, 5) is 29.0. The normalized spacial score (nSPS) is 17.2. The van der Waals surface area contributed by atoms with E-state index in [0.717, 1.165) is 11.1 Å². The molecule has 0 saturated carbocycles. The topological polar surface area (TPSA) is 77.5 Å². The molecule has 2 aromatic rings. The molecular formula is C24H30N2O6. The highest BCUT2D eigenvalue weighted by Crippen LogP contribution is 2.46. The van der Waals surface area contributed by atoms with Gasteiger partial charge < -0.3 is 18.9 Å². The van der Waals surface area contributed by atoms with Gasteiger partial charge in [0.05, 0.1) is 39.7 Å². The second-order valence-electron chi connectivity index (χ2n) is 7.52. The summed E-state index contributed by atoms with van der Waals surface area (Å²) >= 11 is 0. The molecular weight excluding hydrogens is 412 g/mol. The predicted molar refractivity (Wildman–Crippen MR) is 120 cm³/mol. The summed E-state index contributed by atoms with van der Waals surface area (Å²) in [6, 6.07) is 12.7. The van der Waals surface area contributed by atoms with Gasteiger partial charge in [0.15, 0.2) is 11.5 Å². The van der Waals surface area contributed by atoms with Crippen LogP contribution in [0.25, 0.3) is 0 Å². The van der Waals surface area contributed by atoms with E-state index in [1.807, 2.05) is 43.3 Å². The van der Waals surface area contributed by atoms with Gasteiger partial charge in [0.25, 0.3) is 0 Å². The lowest BCUT2D eigenvalue weighted by molar-refractivity contribution is 0.0941. The van der Waals surface area contributed by atoms with Crippen LogP contribution in [0.4, 0.5) is 15.3 Å². The minimum Gasteiger partial charge on any atom is -0.493 e. The number of carbonyl (C=O) groups excluding carboxylic acids is 2. The van der Waals surface area contributed by atoms with E-state index in [2.05, 4.69) is 0 Å². The van der Waals surface area contributed by atoms with Crippen molar-refractivity contribution in [3.05, 3.63) is 53.6 Å². The fraction of sp³-hybridized carbons (Fsp3) is 0.417. The molecule has 0 aliphatic carbocycles. The van der Waals surface area contributed by atoms with Crippen LogP contribution in [0.3, 0.4) is 0 Å². The maximum atomic E-state index is 12.9. The van der Waals surface area contributed by atoms with Crippen LogP contribution in [0.1, 0.15) is 37.4 Å². The number of carbonyl (C=O) groups is 2. The number of hydrogen-bond acceptors (Lipinski definition) is 6. The molecule has 2 aromatic carbocycles. The first-order chi connectivity index (χ1) is 15.4. The Balaban J connectivity index is 2.14. The van der Waals surface area contributed by atoms with E-state index >= 15 is 0 Å². The third-order valence-electron chi connectivity index (χ3n) is 5.60. The minimum absolute atomic E-state index is 0.229. The van der Waals surface area contributed by atoms with Crippen molar-refractivity contribution in [2.24, 2.45) is 0 Å². The zero-order valence-electron chi connectivity index (χ0n) is 19.2. The molecule has 2 amide bonds. The van der Waals surface area contributed by atoms with Crippen molar-refractivity contribution < 1.29 is 28.5 Å². The lowest BCUT2D eigenvalue weighted by Gasteiger charge is -2.42. The summed E-state index contributed by atoms with van der Waals surface area (Å²) in [5.74, 6) is 1.00. The van der Waals surface area contributed by atoms with Crippen LogP contribution in [0.15, 0.2) is 42.5 Å². The molecule has 1 heterocycles. The number of benzene rings is 2. The van der Waals surface area contributed by atoms with Crippen LogP contribution in [0, 0.1) is 0 Å². The molecule has 0 unspecified atom stereocenters. The predicted octanol–water partition coefficient (Wildman–Crippen LogP) is 4.77. The molecule has 0 spiro atoms. The molecule has 172 valence electrons. The first kappa shape index (κ1) is 23.2. The highest BCUT2D eigenvalue weighted by atomic mass is 16.6. The number of amides is 2. The van der Waals surface area contributed by atoms with Crippen LogP contribution < -0.4 is 14.4 Å². The summed E-state index contributed by atoms with van der Waals surface area (Å²) in [5, 5.41) is 0. The summed E-state index contributed by atoms with van der Waals surface area (Å²) in [6.07, 6.45) is -0.389. The highest BCUT2D eigenvalue weighted by molar-refractivity contribution is 5.91. The van der Waals surface area contributed by atoms with Crippen LogP contribution >= 0.6 is 0 Å². The maximum Gasteiger partial charge on any atom is 0.414 e. The summed E-state index contributed by atoms with van der Waals surface area (Å²) in [5.41, 5.74) is 2.35. The summed E-state index contributed by atoms with van der Waals surface area (Å²) in [6.45, 7) is 4.32. The quantitative estimate of drug-likeness (QED) is 0.641. The molecule has 32 heavy (non-hydrogen) atoms. The van der Waals surface area contributed by atoms with Crippen molar-refractivity contribution in [2.75, 3.05) is 32.8 Å². The van der Waals surface area contributed by atoms with Gasteiger partial charge in [-0.15, -0.1) is 0 Å². The number of methoxy groups -OCH3 is 3. The molecule has 0 aromatic heterocycles. The number of nitrogens with zero attached hydrogens (tertiary/aromatic N) is 2. The number of anilines is 1. The lowest BCUT2D eigenvalue weighted by atomic mass is 9.90. The molecule has 0 N–H and O–H groups in total. The average molecular weight is 443 g/mol. The summed E-state index contributed by atoms with van der Waals surface area (Å²) in [7, 11) is 4.46. The zero-order chi connectivity index (χ0) is 23.3. The van der Waals surface area contributed by atoms with Crippen molar-refractivity contribution >= 4 is 17.9 Å². The van der Waals surface area contributed by atoms with E-state index in [9.17, 15) is 9.59 Å². The largest absolute Gasteiger partial charge is 0.493 e. The smallest absolute Gasteiger partial charge is 0.414 e. The third-order valence-corrected chi connectivity index (χ3v) is 5.60. The SMILES string of the molecule is CCOC(=O)N1c2cc(OC)c(OC)cc2[C@@H](N(Cc2ccccc2)C(=O)OC)C[C@H]1C. The van der Waals surface area contributed by atoms with E-state index in [0.29, 0.717) is 30.2 Å². The van der Waals surface area contributed by atoms with Crippen LogP contribution in [0.5, 0.6) is 11.5 Å². The Kier molecular flexibility index (Phi) is 7.45. The standard InChI is InChI=1S/C24H30N2O6/c1-6-32-24(28)26-16(2)12-19(18-13-21(29-3)22(30-4)14-20(18)26)25(23(27)31-5)15-17-10-8-7-9-11-17/h7-11,13-14,16,19H,6,12,15H2,1-5H3/t16-,19+/m1/s1. The van der Waals surface area contributed by atoms with E-state index in [1.165, 1.54) is 7.11 Å². The molecule has 0 saturated heterocycles. The molecule has 8 heteroatoms. The molecule has 2 atom stereocenters. The average Bonchev–Trinajstić information content (AvgIpc) is 2.81. The molecule has 0 radical (unpaired) electrons. The Bertz CT molecular complexity index is 949. The first-order valence-electron chi connectivity index (χ1n) is 10.6. The number of hydrogen-bond donors (Lipinski definition) is 0. The third kappa shape index (κ3) is 4.59. The molecule has 3 rings (SSSR count). The Morgan fingerprint density at radius 1 is 1.06 bits per heavy atom. The van der Waals surface area contributed by atoms with Gasteiger partial charge in [-0.1, -0.05) is 30.3 Å². The van der Waals surface area contributed by atoms with Gasteiger partial charge in [-0.05, 0) is 31.9 Å². The zero-order valence-corrected chi connectivity index (χ0v) is 19.2. The van der Waals surface area contributed by atoms with Gasteiger partial charge in [0.1, 0.15) is 0 Å². The molecule has 8 nitrogen and oxygen atoms in total. The van der Waals surface area contributed by atoms with Gasteiger partial charge in [-0.2, -0.15) is 0 Å². The van der Waals surface area contributed by atoms with Crippen molar-refractivity contribution in [1.82, 2.24) is 4.90 Å². The Morgan fingerprint density at radius 3 is 2.31 bits per heavy atom. The second-order valence-corrected chi connectivity index (χ2v) is 7.52. The molecule has 1 aliphatic heterocycles. The van der Waals surface area contributed by atoms with Gasteiger partial charge in [0, 0.05) is 24.2 Å². The van der Waals surface area contributed by atoms with Crippen LogP contribution in [-0.2, 0) is 16.0 Å². The van der Waals surface area contributed by atoms with Crippen molar-refractivity contribution in [3.63, 3.8) is 0 Å². The second kappa shape index (κ2) is 10.3. The molecule has 0 bridgehead atoms. The molecule has 1 aliphatic rings. The minimum atomic E-state index is -0.448. The Hall–Kier alpha value is -3.42. The molecule has 0 fully saturated rings. The van der Waals surface area contributed by atoms with Gasteiger partial charge >= 0.3 is 12.2 Å². The van der Waals surface area contributed by atoms with Crippen molar-refractivity contribution in [2.45, 2.75) is 38.9 Å². The van der Waals surface area contributed by atoms with E-state index in [4.69, 9.17) is 18.9 Å². The number of fused-ring (bicyclic) bond motifs is 1. The Morgan fingerprint density at radius 2 is 1.72 bits per heavy atom. The Labute approximate surface area is 188 Å². The summed E-state index contributed by atoms with van der Waals surface area (Å²) < 4.78 is 21.4. The van der Waals surface area contributed by atoms with E-state index in [-0.39, 0.29) is 18.7 Å². The van der Waals surface area contributed by atoms with Gasteiger partial charge in [-0.3, -0.25) is 9.80 Å². The van der Waals surface area contributed by atoms with Crippen LogP contribution in [-0.4, -0.2) is 51.1 Å². The van der Waals surface area contributed by atoms with Crippen molar-refractivity contribution in [3.8, 4) is 11.5 Å². The first-order valence-corrected chi connectivity index (χ1v) is 10.6. The van der Waals surface area contributed by atoms with Crippen LogP contribution in [0.2, 0.25) is 0 Å². The number of ether oxygens (including phenoxy) is 4. The fourth-order valence-corrected chi connectivity index (χ4v) is 4.12. The number of rotatable bonds is 6. The van der Waals surface area contributed by atoms with E-state index in [1.54, 1.807) is 37.0 Å². The van der Waals surface area contributed by atoms with Crippen molar-refractivity contribution in [1.29, 1.82) is 0 Å². The lowest BCUT2D eigenvalue weighted by Crippen LogP contribution is -2.47. The maximum absolute atomic E-state index is 12.9. The van der Waals surface area contributed by atoms with E-state index < -0.39 is 12.2 Å². The monoisotopic (exact) mass is 442 g/mol. The van der Waals surface area contributed by atoms with Gasteiger partial charge in [-0.25, -0.2) is 9.59 Å².